The first-order valence-corrected chi connectivity index (χ1v) is 3.04. The quantitative estimate of drug-likeness (QED) is 0.369. The first-order chi connectivity index (χ1) is 8.18. The first-order valence-electron chi connectivity index (χ1n) is 2.28. The molecule has 0 aromatic rings. The van der Waals surface area contributed by atoms with E-state index >= 15 is 0 Å². The molecule has 0 aliphatic rings. The van der Waals surface area contributed by atoms with Gasteiger partial charge in [-0.1, -0.05) is 11.6 Å². The van der Waals surface area contributed by atoms with Crippen LogP contribution in [-0.4, -0.2) is 0 Å². The van der Waals surface area contributed by atoms with E-state index in [2.05, 4.69) is 49.7 Å². The number of halogens is 3. The van der Waals surface area contributed by atoms with Crippen LogP contribution < -0.4 is 0 Å². The number of hydrogen-bond donors (Lipinski definition) is 0. The zero-order valence-electron chi connectivity index (χ0n) is 8.03. The topological polar surface area (TPSA) is 104 Å². The molecule has 0 radical (unpaired) electrons. The van der Waals surface area contributed by atoms with E-state index in [1.807, 2.05) is 0 Å². The van der Waals surface area contributed by atoms with Crippen LogP contribution in [0.2, 0.25) is 0 Å². The second-order valence-electron chi connectivity index (χ2n) is 0.663. The van der Waals surface area contributed by atoms with Gasteiger partial charge in [0.15, 0.2) is 0 Å². The molecule has 0 saturated heterocycles. The third kappa shape index (κ3) is 118. The Kier molecular flexibility index (Phi) is 243. The minimum Gasteiger partial charge on any atom is 0 e. The molecular weight excluding hydrogens is 332 g/mol. The van der Waals surface area contributed by atoms with Crippen molar-refractivity contribution < 1.29 is 45.0 Å². The summed E-state index contributed by atoms with van der Waals surface area (Å²) in [6, 6.07) is 0. The average molecular weight is 332 g/mol. The van der Waals surface area contributed by atoms with E-state index in [9.17, 15) is 4.39 Å². The second kappa shape index (κ2) is 100. The Labute approximate surface area is 123 Å². The fourth-order valence-corrected chi connectivity index (χ4v) is 0.0845. The van der Waals surface area contributed by atoms with Gasteiger partial charge in [0.2, 0.25) is 5.29 Å². The molecule has 0 amide bonds. The molecule has 18 heavy (non-hydrogen) atoms. The summed E-state index contributed by atoms with van der Waals surface area (Å²) in [5.74, 6) is 0. The average Bonchev–Trinajstić information content (AvgIpc) is 2.48. The Morgan fingerprint density at radius 1 is 0.778 bits per heavy atom. The van der Waals surface area contributed by atoms with Crippen molar-refractivity contribution in [3.05, 3.63) is 55.1 Å². The molecule has 0 aliphatic carbocycles. The van der Waals surface area contributed by atoms with Gasteiger partial charge in [-0.2, -0.15) is 0 Å². The maximum absolute atomic E-state index is 11.4. The van der Waals surface area contributed by atoms with E-state index in [0.29, 0.717) is 0 Å². The van der Waals surface area contributed by atoms with Crippen LogP contribution in [0, 0.1) is 39.8 Å². The summed E-state index contributed by atoms with van der Waals surface area (Å²) in [5, 5.41) is -1.78. The first kappa shape index (κ1) is 43.5. The van der Waals surface area contributed by atoms with E-state index in [1.54, 1.807) is 0 Å². The monoisotopic (exact) mass is 331 g/mol. The van der Waals surface area contributed by atoms with E-state index < -0.39 is 10.4 Å². The zero-order valence-corrected chi connectivity index (χ0v) is 10.8. The molecule has 94 valence electrons. The van der Waals surface area contributed by atoms with Crippen LogP contribution in [0.25, 0.3) is 4.85 Å². The third-order valence-corrected chi connectivity index (χ3v) is 0.780. The Bertz CT molecular complexity index is 277. The van der Waals surface area contributed by atoms with Crippen molar-refractivity contribution in [2.24, 2.45) is 0 Å². The van der Waals surface area contributed by atoms with Gasteiger partial charge in [-0.05, 0) is 0 Å². The smallest absolute Gasteiger partial charge is 0 e. The predicted molar refractivity (Wildman–Crippen MR) is 46.1 cm³/mol. The summed E-state index contributed by atoms with van der Waals surface area (Å²) >= 11 is 9.41. The Morgan fingerprint density at radius 3 is 0.944 bits per heavy atom. The van der Waals surface area contributed by atoms with Crippen molar-refractivity contribution in [1.82, 2.24) is 0 Å². The van der Waals surface area contributed by atoms with Crippen LogP contribution in [0.15, 0.2) is 10.4 Å². The summed E-state index contributed by atoms with van der Waals surface area (Å²) in [6.45, 7) is 28.5. The van der Waals surface area contributed by atoms with Crippen LogP contribution in [0.3, 0.4) is 0 Å². The Morgan fingerprint density at radius 2 is 0.944 bits per heavy atom. The standard InChI is InChI=1S/C3Cl2FN.5CO.Cr/c1-7-3(5)2(4)6;5*1-2;/b3-2+;;;;;;. The van der Waals surface area contributed by atoms with Gasteiger partial charge in [0.25, 0.3) is 5.16 Å². The maximum Gasteiger partial charge on any atom is 0 e. The fraction of sp³-hybridized carbons (Fsp3) is 0. The molecule has 0 saturated carbocycles. The van der Waals surface area contributed by atoms with Crippen LogP contribution in [0.4, 0.5) is 4.39 Å². The molecule has 0 N–H and O–H groups in total. The molecule has 0 fully saturated rings. The minimum atomic E-state index is -1.16. The molecule has 0 heterocycles. The number of hydrogen-bond acceptors (Lipinski definition) is 0. The molecule has 10 heteroatoms. The van der Waals surface area contributed by atoms with Gasteiger partial charge < -0.3 is 0 Å². The van der Waals surface area contributed by atoms with Crippen LogP contribution in [0.1, 0.15) is 0 Å². The van der Waals surface area contributed by atoms with Crippen molar-refractivity contribution >= 4 is 23.2 Å². The molecule has 0 atom stereocenters. The summed E-state index contributed by atoms with van der Waals surface area (Å²) in [4.78, 5) is 2.48. The van der Waals surface area contributed by atoms with Crippen LogP contribution >= 0.6 is 23.2 Å². The van der Waals surface area contributed by atoms with E-state index in [1.165, 1.54) is 0 Å². The van der Waals surface area contributed by atoms with Crippen molar-refractivity contribution in [3.63, 3.8) is 0 Å². The van der Waals surface area contributed by atoms with E-state index in [4.69, 9.17) is 41.4 Å². The third-order valence-electron chi connectivity index (χ3n) is 0.254. The molecule has 0 unspecified atom stereocenters. The fourth-order valence-electron chi connectivity index (χ4n) is 0.0423. The van der Waals surface area contributed by atoms with Crippen molar-refractivity contribution in [3.8, 4) is 0 Å². The van der Waals surface area contributed by atoms with Crippen molar-refractivity contribution in [1.29, 1.82) is 0 Å². The second-order valence-corrected chi connectivity index (χ2v) is 1.35. The van der Waals surface area contributed by atoms with Crippen LogP contribution in [-0.2, 0) is 40.6 Å². The molecule has 0 rings (SSSR count). The van der Waals surface area contributed by atoms with Crippen molar-refractivity contribution in [2.75, 3.05) is 0 Å². The van der Waals surface area contributed by atoms with Gasteiger partial charge in [-0.25, -0.2) is 9.24 Å². The molecule has 0 aromatic heterocycles. The van der Waals surface area contributed by atoms with Crippen LogP contribution in [0.5, 0.6) is 0 Å². The van der Waals surface area contributed by atoms with Gasteiger partial charge in [0, 0.05) is 17.4 Å². The number of rotatable bonds is 0. The largest absolute Gasteiger partial charge is 0 e. The zero-order chi connectivity index (χ0) is 15.9. The molecule has 0 bridgehead atoms. The van der Waals surface area contributed by atoms with Gasteiger partial charge in [0.05, 0.1) is 6.57 Å². The summed E-state index contributed by atoms with van der Waals surface area (Å²) in [6.07, 6.45) is 0. The number of nitrogens with zero attached hydrogens (tertiary/aromatic N) is 1. The molecule has 0 aliphatic heterocycles. The summed E-state index contributed by atoms with van der Waals surface area (Å²) in [5.41, 5.74) is 0. The van der Waals surface area contributed by atoms with Crippen molar-refractivity contribution in [2.45, 2.75) is 0 Å². The SMILES string of the molecule is [C-]#[N+]/C(Cl)=C(/F)Cl.[C-]#[O+].[C-]#[O+].[C-]#[O+].[C-]#[O+].[C-]#[O+].[Cr]. The summed E-state index contributed by atoms with van der Waals surface area (Å²) < 4.78 is 48.9. The Balaban J connectivity index is -0.0000000189. The normalized spacial score (nSPS) is 5.33. The van der Waals surface area contributed by atoms with Gasteiger partial charge in [0.1, 0.15) is 0 Å². The molecular formula is C8Cl2CrFNO5. The van der Waals surface area contributed by atoms with Gasteiger partial charge in [-0.3, -0.25) is 0 Å². The minimum absolute atomic E-state index is 0. The van der Waals surface area contributed by atoms with E-state index in [0.717, 1.165) is 0 Å². The molecule has 0 aromatic carbocycles. The maximum atomic E-state index is 11.4. The summed E-state index contributed by atoms with van der Waals surface area (Å²) in [7, 11) is 0. The molecule has 6 nitrogen and oxygen atoms in total. The van der Waals surface area contributed by atoms with Gasteiger partial charge >= 0.3 is 56.5 Å². The molecule has 0 spiro atoms. The van der Waals surface area contributed by atoms with Gasteiger partial charge in [-0.15, -0.1) is 11.6 Å². The van der Waals surface area contributed by atoms with E-state index in [-0.39, 0.29) is 17.4 Å². The Hall–Kier alpha value is -1.03. The predicted octanol–water partition coefficient (Wildman–Crippen LogP) is 2.29.